The summed E-state index contributed by atoms with van der Waals surface area (Å²) in [7, 11) is 0. The molecule has 1 aromatic heterocycles. The number of furan rings is 1. The third-order valence-corrected chi connectivity index (χ3v) is 4.77. The van der Waals surface area contributed by atoms with Crippen molar-refractivity contribution in [2.24, 2.45) is 0 Å². The first-order chi connectivity index (χ1) is 13.7. The van der Waals surface area contributed by atoms with Gasteiger partial charge in [-0.1, -0.05) is 12.1 Å². The molecule has 0 atom stereocenters. The number of ether oxygens (including phenoxy) is 1. The van der Waals surface area contributed by atoms with Crippen molar-refractivity contribution in [2.45, 2.75) is 19.5 Å². The van der Waals surface area contributed by atoms with Crippen LogP contribution < -0.4 is 5.32 Å². The van der Waals surface area contributed by atoms with Crippen LogP contribution in [0.1, 0.15) is 17.7 Å². The highest BCUT2D eigenvalue weighted by molar-refractivity contribution is 5.78. The van der Waals surface area contributed by atoms with Gasteiger partial charge in [0.1, 0.15) is 11.6 Å². The Hall–Kier alpha value is -2.22. The van der Waals surface area contributed by atoms with Crippen LogP contribution in [0, 0.1) is 5.82 Å². The van der Waals surface area contributed by atoms with E-state index in [1.54, 1.807) is 29.4 Å². The molecule has 0 radical (unpaired) electrons. The molecular weight excluding hydrogens is 361 g/mol. The van der Waals surface area contributed by atoms with Gasteiger partial charge in [-0.15, -0.1) is 0 Å². The van der Waals surface area contributed by atoms with Crippen LogP contribution >= 0.6 is 0 Å². The summed E-state index contributed by atoms with van der Waals surface area (Å²) >= 11 is 0. The van der Waals surface area contributed by atoms with Gasteiger partial charge in [-0.3, -0.25) is 9.69 Å². The van der Waals surface area contributed by atoms with Crippen LogP contribution in [0.15, 0.2) is 47.1 Å². The molecule has 2 aromatic rings. The number of morpholine rings is 1. The third-order valence-electron chi connectivity index (χ3n) is 4.77. The van der Waals surface area contributed by atoms with Crippen LogP contribution in [-0.4, -0.2) is 61.6 Å². The maximum absolute atomic E-state index is 13.1. The van der Waals surface area contributed by atoms with E-state index in [2.05, 4.69) is 10.2 Å². The van der Waals surface area contributed by atoms with Gasteiger partial charge < -0.3 is 19.4 Å². The van der Waals surface area contributed by atoms with Gasteiger partial charge in [-0.05, 0) is 49.3 Å². The van der Waals surface area contributed by atoms with E-state index in [0.717, 1.165) is 57.1 Å². The second kappa shape index (κ2) is 10.9. The van der Waals surface area contributed by atoms with Gasteiger partial charge in [-0.25, -0.2) is 4.39 Å². The first-order valence-electron chi connectivity index (χ1n) is 9.76. The summed E-state index contributed by atoms with van der Waals surface area (Å²) in [5.74, 6) is 0.435. The van der Waals surface area contributed by atoms with Gasteiger partial charge in [0.05, 0.1) is 32.6 Å². The lowest BCUT2D eigenvalue weighted by atomic mass is 10.2. The minimum Gasteiger partial charge on any atom is -0.467 e. The quantitative estimate of drug-likeness (QED) is 0.632. The topological polar surface area (TPSA) is 58.0 Å². The zero-order valence-electron chi connectivity index (χ0n) is 16.1. The van der Waals surface area contributed by atoms with E-state index in [-0.39, 0.29) is 18.3 Å². The van der Waals surface area contributed by atoms with Gasteiger partial charge in [0.15, 0.2) is 0 Å². The van der Waals surface area contributed by atoms with Crippen molar-refractivity contribution in [3.8, 4) is 0 Å². The lowest BCUT2D eigenvalue weighted by Gasteiger charge is -2.26. The number of hydrogen-bond donors (Lipinski definition) is 1. The summed E-state index contributed by atoms with van der Waals surface area (Å²) in [5.41, 5.74) is 0.883. The number of carbonyl (C=O) groups excluding carboxylic acids is 1. The summed E-state index contributed by atoms with van der Waals surface area (Å²) in [4.78, 5) is 16.8. The Kier molecular flexibility index (Phi) is 8.02. The van der Waals surface area contributed by atoms with Crippen molar-refractivity contribution in [3.63, 3.8) is 0 Å². The normalized spacial score (nSPS) is 14.9. The zero-order chi connectivity index (χ0) is 19.6. The molecule has 0 bridgehead atoms. The molecule has 0 aliphatic carbocycles. The molecule has 1 aliphatic heterocycles. The Labute approximate surface area is 165 Å². The molecule has 2 heterocycles. The SMILES string of the molecule is O=C(CNCCCN1CCOCC1)N(Cc1ccc(F)cc1)Cc1ccco1. The second-order valence-corrected chi connectivity index (χ2v) is 6.94. The Balaban J connectivity index is 1.45. The highest BCUT2D eigenvalue weighted by Gasteiger charge is 2.16. The van der Waals surface area contributed by atoms with Crippen LogP contribution in [-0.2, 0) is 22.6 Å². The van der Waals surface area contributed by atoms with Crippen LogP contribution in [0.5, 0.6) is 0 Å². The first-order valence-corrected chi connectivity index (χ1v) is 9.76. The summed E-state index contributed by atoms with van der Waals surface area (Å²) in [6.07, 6.45) is 2.59. The molecular formula is C21H28FN3O3. The third kappa shape index (κ3) is 6.74. The molecule has 0 unspecified atom stereocenters. The maximum Gasteiger partial charge on any atom is 0.237 e. The Morgan fingerprint density at radius 3 is 2.64 bits per heavy atom. The Morgan fingerprint density at radius 1 is 1.14 bits per heavy atom. The molecule has 1 aliphatic rings. The van der Waals surface area contributed by atoms with Crippen molar-refractivity contribution in [1.29, 1.82) is 0 Å². The molecule has 28 heavy (non-hydrogen) atoms. The fraction of sp³-hybridized carbons (Fsp3) is 0.476. The number of rotatable bonds is 10. The van der Waals surface area contributed by atoms with E-state index in [1.165, 1.54) is 12.1 Å². The second-order valence-electron chi connectivity index (χ2n) is 6.94. The summed E-state index contributed by atoms with van der Waals surface area (Å²) in [6.45, 7) is 6.43. The van der Waals surface area contributed by atoms with Crippen molar-refractivity contribution in [2.75, 3.05) is 45.9 Å². The average molecular weight is 389 g/mol. The molecule has 152 valence electrons. The van der Waals surface area contributed by atoms with Crippen LogP contribution in [0.4, 0.5) is 4.39 Å². The zero-order valence-corrected chi connectivity index (χ0v) is 16.1. The Bertz CT molecular complexity index is 700. The van der Waals surface area contributed by atoms with Gasteiger partial charge in [0, 0.05) is 19.6 Å². The van der Waals surface area contributed by atoms with Crippen LogP contribution in [0.3, 0.4) is 0 Å². The number of benzene rings is 1. The predicted octanol–water partition coefficient (Wildman–Crippen LogP) is 2.26. The molecule has 1 saturated heterocycles. The van der Waals surface area contributed by atoms with Gasteiger partial charge in [-0.2, -0.15) is 0 Å². The van der Waals surface area contributed by atoms with E-state index < -0.39 is 0 Å². The van der Waals surface area contributed by atoms with E-state index in [1.807, 2.05) is 6.07 Å². The molecule has 1 N–H and O–H groups in total. The standard InChI is InChI=1S/C21H28FN3O3/c22-19-6-4-18(5-7-19)16-25(17-20-3-1-12-28-20)21(26)15-23-8-2-9-24-10-13-27-14-11-24/h1,3-7,12,23H,2,8-11,13-17H2. The molecule has 7 heteroatoms. The lowest BCUT2D eigenvalue weighted by molar-refractivity contribution is -0.131. The fourth-order valence-electron chi connectivity index (χ4n) is 3.19. The molecule has 6 nitrogen and oxygen atoms in total. The van der Waals surface area contributed by atoms with Crippen molar-refractivity contribution >= 4 is 5.91 Å². The molecule has 1 aromatic carbocycles. The largest absolute Gasteiger partial charge is 0.467 e. The molecule has 0 saturated carbocycles. The first kappa shape index (κ1) is 20.5. The Morgan fingerprint density at radius 2 is 1.93 bits per heavy atom. The van der Waals surface area contributed by atoms with E-state index in [0.29, 0.717) is 13.1 Å². The minimum absolute atomic E-state index is 0.00732. The number of nitrogens with zero attached hydrogens (tertiary/aromatic N) is 2. The highest BCUT2D eigenvalue weighted by atomic mass is 19.1. The average Bonchev–Trinajstić information content (AvgIpc) is 3.23. The van der Waals surface area contributed by atoms with Gasteiger partial charge in [0.2, 0.25) is 5.91 Å². The highest BCUT2D eigenvalue weighted by Crippen LogP contribution is 2.11. The van der Waals surface area contributed by atoms with Crippen molar-refractivity contribution in [1.82, 2.24) is 15.1 Å². The van der Waals surface area contributed by atoms with Crippen molar-refractivity contribution < 1.29 is 18.3 Å². The monoisotopic (exact) mass is 389 g/mol. The van der Waals surface area contributed by atoms with E-state index in [4.69, 9.17) is 9.15 Å². The maximum atomic E-state index is 13.1. The summed E-state index contributed by atoms with van der Waals surface area (Å²) in [6, 6.07) is 9.88. The van der Waals surface area contributed by atoms with Crippen LogP contribution in [0.2, 0.25) is 0 Å². The van der Waals surface area contributed by atoms with Crippen molar-refractivity contribution in [3.05, 3.63) is 59.8 Å². The smallest absolute Gasteiger partial charge is 0.237 e. The predicted molar refractivity (Wildman–Crippen MR) is 104 cm³/mol. The van der Waals surface area contributed by atoms with Gasteiger partial charge >= 0.3 is 0 Å². The van der Waals surface area contributed by atoms with Crippen LogP contribution in [0.25, 0.3) is 0 Å². The summed E-state index contributed by atoms with van der Waals surface area (Å²) < 4.78 is 23.9. The minimum atomic E-state index is -0.283. The van der Waals surface area contributed by atoms with E-state index >= 15 is 0 Å². The molecule has 1 amide bonds. The number of hydrogen-bond acceptors (Lipinski definition) is 5. The molecule has 0 spiro atoms. The fourth-order valence-corrected chi connectivity index (χ4v) is 3.19. The summed E-state index contributed by atoms with van der Waals surface area (Å²) in [5, 5.41) is 3.24. The number of amides is 1. The number of nitrogens with one attached hydrogen (secondary N) is 1. The van der Waals surface area contributed by atoms with E-state index in [9.17, 15) is 9.18 Å². The number of carbonyl (C=O) groups is 1. The lowest BCUT2D eigenvalue weighted by Crippen LogP contribution is -2.39. The van der Waals surface area contributed by atoms with Gasteiger partial charge in [0.25, 0.3) is 0 Å². The molecule has 3 rings (SSSR count). The molecule has 1 fully saturated rings. The number of halogens is 1.